The predicted octanol–water partition coefficient (Wildman–Crippen LogP) is 1.08. The molecule has 104 valence electrons. The van der Waals surface area contributed by atoms with Crippen LogP contribution in [-0.4, -0.2) is 59.7 Å². The SMILES string of the molecule is COCC(C)CC(=O)N1CCSCC1CC(=O)O. The fourth-order valence-electron chi connectivity index (χ4n) is 2.11. The second kappa shape index (κ2) is 7.63. The van der Waals surface area contributed by atoms with Crippen molar-refractivity contribution in [1.82, 2.24) is 4.90 Å². The van der Waals surface area contributed by atoms with E-state index in [2.05, 4.69) is 0 Å². The molecule has 5 nitrogen and oxygen atoms in total. The van der Waals surface area contributed by atoms with E-state index in [4.69, 9.17) is 9.84 Å². The molecule has 1 N–H and O–H groups in total. The standard InChI is InChI=1S/C12H21NO4S/c1-9(7-17-2)5-11(14)13-3-4-18-8-10(13)6-12(15)16/h9-10H,3-8H2,1-2H3,(H,15,16). The number of rotatable bonds is 6. The molecule has 2 unspecified atom stereocenters. The van der Waals surface area contributed by atoms with Gasteiger partial charge in [0.15, 0.2) is 0 Å². The van der Waals surface area contributed by atoms with E-state index >= 15 is 0 Å². The van der Waals surface area contributed by atoms with Crippen LogP contribution in [0.4, 0.5) is 0 Å². The Morgan fingerprint density at radius 3 is 2.89 bits per heavy atom. The van der Waals surface area contributed by atoms with Gasteiger partial charge in [0, 0.05) is 38.2 Å². The van der Waals surface area contributed by atoms with Crippen LogP contribution in [0.15, 0.2) is 0 Å². The molecule has 0 radical (unpaired) electrons. The molecule has 1 heterocycles. The molecule has 1 amide bonds. The Kier molecular flexibility index (Phi) is 6.49. The van der Waals surface area contributed by atoms with E-state index in [0.717, 1.165) is 11.5 Å². The molecule has 2 atom stereocenters. The number of hydrogen-bond acceptors (Lipinski definition) is 4. The van der Waals surface area contributed by atoms with E-state index in [9.17, 15) is 9.59 Å². The molecular formula is C12H21NO4S. The summed E-state index contributed by atoms with van der Waals surface area (Å²) in [5.41, 5.74) is 0. The van der Waals surface area contributed by atoms with Gasteiger partial charge in [-0.2, -0.15) is 11.8 Å². The Bertz CT molecular complexity index is 298. The molecule has 0 spiro atoms. The summed E-state index contributed by atoms with van der Waals surface area (Å²) >= 11 is 1.71. The van der Waals surface area contributed by atoms with E-state index in [-0.39, 0.29) is 24.3 Å². The molecule has 0 aromatic heterocycles. The molecule has 1 aliphatic rings. The van der Waals surface area contributed by atoms with Crippen LogP contribution >= 0.6 is 11.8 Å². The smallest absolute Gasteiger partial charge is 0.305 e. The number of carbonyl (C=O) groups is 2. The van der Waals surface area contributed by atoms with Gasteiger partial charge in [-0.05, 0) is 5.92 Å². The lowest BCUT2D eigenvalue weighted by Gasteiger charge is -2.35. The molecule has 0 aromatic rings. The van der Waals surface area contributed by atoms with E-state index in [1.54, 1.807) is 23.8 Å². The number of hydrogen-bond donors (Lipinski definition) is 1. The normalized spacial score (nSPS) is 21.7. The van der Waals surface area contributed by atoms with Crippen molar-refractivity contribution in [3.05, 3.63) is 0 Å². The average Bonchev–Trinajstić information content (AvgIpc) is 2.28. The summed E-state index contributed by atoms with van der Waals surface area (Å²) in [7, 11) is 1.62. The highest BCUT2D eigenvalue weighted by atomic mass is 32.2. The van der Waals surface area contributed by atoms with Crippen LogP contribution in [0.3, 0.4) is 0 Å². The quantitative estimate of drug-likeness (QED) is 0.785. The fourth-order valence-corrected chi connectivity index (χ4v) is 3.17. The number of amides is 1. The fraction of sp³-hybridized carbons (Fsp3) is 0.833. The van der Waals surface area contributed by atoms with Crippen molar-refractivity contribution < 1.29 is 19.4 Å². The Labute approximate surface area is 112 Å². The zero-order chi connectivity index (χ0) is 13.5. The Morgan fingerprint density at radius 1 is 1.56 bits per heavy atom. The number of ether oxygens (including phenoxy) is 1. The maximum atomic E-state index is 12.1. The summed E-state index contributed by atoms with van der Waals surface area (Å²) in [5.74, 6) is 0.982. The Hall–Kier alpha value is -0.750. The van der Waals surface area contributed by atoms with Gasteiger partial charge in [0.25, 0.3) is 0 Å². The van der Waals surface area contributed by atoms with E-state index in [0.29, 0.717) is 19.6 Å². The Balaban J connectivity index is 2.54. The molecule has 6 heteroatoms. The summed E-state index contributed by atoms with van der Waals surface area (Å²) in [6.45, 7) is 3.17. The summed E-state index contributed by atoms with van der Waals surface area (Å²) < 4.78 is 5.01. The van der Waals surface area contributed by atoms with Crippen molar-refractivity contribution in [2.75, 3.05) is 31.8 Å². The summed E-state index contributed by atoms with van der Waals surface area (Å²) in [6, 6.07) is -0.163. The van der Waals surface area contributed by atoms with Crippen LogP contribution in [0.2, 0.25) is 0 Å². The van der Waals surface area contributed by atoms with Crippen molar-refractivity contribution in [2.45, 2.75) is 25.8 Å². The first kappa shape index (κ1) is 15.3. The number of carbonyl (C=O) groups excluding carboxylic acids is 1. The molecule has 0 aromatic carbocycles. The molecule has 1 saturated heterocycles. The van der Waals surface area contributed by atoms with Crippen LogP contribution in [0.5, 0.6) is 0 Å². The molecule has 18 heavy (non-hydrogen) atoms. The second-order valence-electron chi connectivity index (χ2n) is 4.68. The van der Waals surface area contributed by atoms with Crippen molar-refractivity contribution in [3.63, 3.8) is 0 Å². The highest BCUT2D eigenvalue weighted by Crippen LogP contribution is 2.21. The predicted molar refractivity (Wildman–Crippen MR) is 70.7 cm³/mol. The minimum absolute atomic E-state index is 0.0391. The topological polar surface area (TPSA) is 66.8 Å². The van der Waals surface area contributed by atoms with E-state index in [1.165, 1.54) is 0 Å². The maximum Gasteiger partial charge on any atom is 0.305 e. The van der Waals surface area contributed by atoms with Crippen molar-refractivity contribution >= 4 is 23.6 Å². The molecule has 0 saturated carbocycles. The van der Waals surface area contributed by atoms with Gasteiger partial charge in [-0.15, -0.1) is 0 Å². The molecule has 0 bridgehead atoms. The van der Waals surface area contributed by atoms with Gasteiger partial charge in [0.05, 0.1) is 12.5 Å². The van der Waals surface area contributed by atoms with Crippen LogP contribution in [-0.2, 0) is 14.3 Å². The largest absolute Gasteiger partial charge is 0.481 e. The Morgan fingerprint density at radius 2 is 2.28 bits per heavy atom. The minimum atomic E-state index is -0.842. The lowest BCUT2D eigenvalue weighted by Crippen LogP contribution is -2.47. The maximum absolute atomic E-state index is 12.1. The van der Waals surface area contributed by atoms with Gasteiger partial charge in [-0.3, -0.25) is 9.59 Å². The number of nitrogens with zero attached hydrogens (tertiary/aromatic N) is 1. The summed E-state index contributed by atoms with van der Waals surface area (Å²) in [5, 5.41) is 8.86. The third-order valence-electron chi connectivity index (χ3n) is 2.93. The zero-order valence-electron chi connectivity index (χ0n) is 10.9. The first-order chi connectivity index (χ1) is 8.54. The van der Waals surface area contributed by atoms with Crippen LogP contribution in [0.1, 0.15) is 19.8 Å². The van der Waals surface area contributed by atoms with Crippen molar-refractivity contribution in [2.24, 2.45) is 5.92 Å². The van der Waals surface area contributed by atoms with Crippen molar-refractivity contribution in [1.29, 1.82) is 0 Å². The van der Waals surface area contributed by atoms with Crippen LogP contribution in [0, 0.1) is 5.92 Å². The van der Waals surface area contributed by atoms with Gasteiger partial charge >= 0.3 is 5.97 Å². The van der Waals surface area contributed by atoms with Gasteiger partial charge in [0.2, 0.25) is 5.91 Å². The van der Waals surface area contributed by atoms with Gasteiger partial charge in [0.1, 0.15) is 0 Å². The molecular weight excluding hydrogens is 254 g/mol. The number of methoxy groups -OCH3 is 1. The monoisotopic (exact) mass is 275 g/mol. The first-order valence-electron chi connectivity index (χ1n) is 6.12. The highest BCUT2D eigenvalue weighted by Gasteiger charge is 2.29. The second-order valence-corrected chi connectivity index (χ2v) is 5.83. The minimum Gasteiger partial charge on any atom is -0.481 e. The van der Waals surface area contributed by atoms with E-state index < -0.39 is 5.97 Å². The van der Waals surface area contributed by atoms with Crippen LogP contribution < -0.4 is 0 Å². The third kappa shape index (κ3) is 4.86. The average molecular weight is 275 g/mol. The lowest BCUT2D eigenvalue weighted by atomic mass is 10.1. The van der Waals surface area contributed by atoms with Gasteiger partial charge < -0.3 is 14.7 Å². The lowest BCUT2D eigenvalue weighted by molar-refractivity contribution is -0.140. The van der Waals surface area contributed by atoms with Gasteiger partial charge in [-0.25, -0.2) is 0 Å². The zero-order valence-corrected chi connectivity index (χ0v) is 11.7. The molecule has 1 rings (SSSR count). The summed E-state index contributed by atoms with van der Waals surface area (Å²) in [4.78, 5) is 24.7. The molecule has 1 fully saturated rings. The number of aliphatic carboxylic acids is 1. The number of carboxylic acids is 1. The third-order valence-corrected chi connectivity index (χ3v) is 4.02. The van der Waals surface area contributed by atoms with E-state index in [1.807, 2.05) is 6.92 Å². The number of thioether (sulfide) groups is 1. The van der Waals surface area contributed by atoms with Gasteiger partial charge in [-0.1, -0.05) is 6.92 Å². The summed E-state index contributed by atoms with van der Waals surface area (Å²) in [6.07, 6.45) is 0.464. The van der Waals surface area contributed by atoms with Crippen LogP contribution in [0.25, 0.3) is 0 Å². The molecule has 0 aliphatic carbocycles. The first-order valence-corrected chi connectivity index (χ1v) is 7.28. The highest BCUT2D eigenvalue weighted by molar-refractivity contribution is 7.99. The number of carboxylic acid groups (broad SMARTS) is 1. The van der Waals surface area contributed by atoms with Crippen molar-refractivity contribution in [3.8, 4) is 0 Å². The molecule has 1 aliphatic heterocycles.